The molecule has 0 aromatic heterocycles. The Kier molecular flexibility index (Phi) is 10.1. The van der Waals surface area contributed by atoms with E-state index in [1.807, 2.05) is 54.2 Å². The summed E-state index contributed by atoms with van der Waals surface area (Å²) in [7, 11) is 1.77. The molecule has 2 aromatic carbocycles. The van der Waals surface area contributed by atoms with Crippen LogP contribution in [0.3, 0.4) is 0 Å². The fraction of sp³-hybridized carbons (Fsp3) is 0.333. The molecule has 1 amide bonds. The minimum absolute atomic E-state index is 0. The van der Waals surface area contributed by atoms with E-state index in [1.54, 1.807) is 11.9 Å². The average molecular weight is 526 g/mol. The van der Waals surface area contributed by atoms with Crippen LogP contribution in [-0.4, -0.2) is 50.9 Å². The molecule has 29 heavy (non-hydrogen) atoms. The molecule has 1 heterocycles. The van der Waals surface area contributed by atoms with Crippen molar-refractivity contribution >= 4 is 53.3 Å². The molecule has 3 rings (SSSR count). The quantitative estimate of drug-likeness (QED) is 0.182. The smallest absolute Gasteiger partial charge is 0.265 e. The number of thioether (sulfide) groups is 1. The van der Waals surface area contributed by atoms with Crippen LogP contribution >= 0.6 is 35.7 Å². The zero-order chi connectivity index (χ0) is 19.6. The molecule has 0 aliphatic carbocycles. The van der Waals surface area contributed by atoms with Gasteiger partial charge in [0.25, 0.3) is 5.91 Å². The molecule has 6 nitrogen and oxygen atoms in total. The number of fused-ring (bicyclic) bond motifs is 1. The monoisotopic (exact) mass is 526 g/mol. The number of rotatable bonds is 8. The van der Waals surface area contributed by atoms with Crippen molar-refractivity contribution in [3.05, 3.63) is 54.6 Å². The molecule has 0 saturated heterocycles. The maximum atomic E-state index is 12.2. The summed E-state index contributed by atoms with van der Waals surface area (Å²) in [6.45, 7) is 2.31. The lowest BCUT2D eigenvalue weighted by Crippen LogP contribution is -2.42. The number of carbonyl (C=O) groups excluding carboxylic acids is 1. The van der Waals surface area contributed by atoms with Crippen molar-refractivity contribution in [3.8, 4) is 5.75 Å². The number of guanidine groups is 1. The van der Waals surface area contributed by atoms with E-state index in [4.69, 9.17) is 4.74 Å². The molecule has 0 radical (unpaired) electrons. The Labute approximate surface area is 193 Å². The van der Waals surface area contributed by atoms with E-state index < -0.39 is 0 Å². The summed E-state index contributed by atoms with van der Waals surface area (Å²) < 4.78 is 5.48. The van der Waals surface area contributed by atoms with Crippen LogP contribution in [0.2, 0.25) is 0 Å². The van der Waals surface area contributed by atoms with Gasteiger partial charge >= 0.3 is 0 Å². The third-order valence-electron chi connectivity index (χ3n) is 4.29. The normalized spacial score (nSPS) is 13.2. The Morgan fingerprint density at radius 1 is 1.10 bits per heavy atom. The largest absolute Gasteiger partial charge is 0.482 e. The van der Waals surface area contributed by atoms with Crippen molar-refractivity contribution in [3.63, 3.8) is 0 Å². The molecule has 0 spiro atoms. The highest BCUT2D eigenvalue weighted by Crippen LogP contribution is 2.31. The first-order valence-electron chi connectivity index (χ1n) is 9.42. The third kappa shape index (κ3) is 7.11. The SMILES string of the molecule is CN=C(NCCCN1C(=O)COc2ccccc21)NCCSc1ccccc1.I. The van der Waals surface area contributed by atoms with Gasteiger partial charge in [0.1, 0.15) is 5.75 Å². The number of hydrogen-bond acceptors (Lipinski definition) is 4. The molecule has 2 aromatic rings. The summed E-state index contributed by atoms with van der Waals surface area (Å²) in [5, 5.41) is 6.63. The minimum atomic E-state index is -0.000793. The lowest BCUT2D eigenvalue weighted by molar-refractivity contribution is -0.121. The Morgan fingerprint density at radius 3 is 2.62 bits per heavy atom. The molecule has 1 aliphatic rings. The first-order valence-corrected chi connectivity index (χ1v) is 10.4. The van der Waals surface area contributed by atoms with Gasteiger partial charge < -0.3 is 20.3 Å². The van der Waals surface area contributed by atoms with Crippen LogP contribution in [0.1, 0.15) is 6.42 Å². The number of carbonyl (C=O) groups is 1. The number of nitrogens with one attached hydrogen (secondary N) is 2. The van der Waals surface area contributed by atoms with Gasteiger partial charge in [-0.15, -0.1) is 35.7 Å². The summed E-state index contributed by atoms with van der Waals surface area (Å²) >= 11 is 1.81. The van der Waals surface area contributed by atoms with E-state index in [1.165, 1.54) is 4.90 Å². The molecular formula is C21H27IN4O2S. The Hall–Kier alpha value is -1.94. The highest BCUT2D eigenvalue weighted by Gasteiger charge is 2.24. The summed E-state index contributed by atoms with van der Waals surface area (Å²) in [5.74, 6) is 2.51. The van der Waals surface area contributed by atoms with Gasteiger partial charge in [0, 0.05) is 37.3 Å². The number of anilines is 1. The zero-order valence-electron chi connectivity index (χ0n) is 16.5. The van der Waals surface area contributed by atoms with Gasteiger partial charge in [-0.25, -0.2) is 0 Å². The van der Waals surface area contributed by atoms with E-state index in [-0.39, 0.29) is 36.5 Å². The van der Waals surface area contributed by atoms with Crippen molar-refractivity contribution < 1.29 is 9.53 Å². The maximum Gasteiger partial charge on any atom is 0.265 e. The lowest BCUT2D eigenvalue weighted by atomic mass is 10.2. The third-order valence-corrected chi connectivity index (χ3v) is 5.30. The van der Waals surface area contributed by atoms with Crippen LogP contribution in [-0.2, 0) is 4.79 Å². The second kappa shape index (κ2) is 12.6. The van der Waals surface area contributed by atoms with E-state index in [0.717, 1.165) is 42.7 Å². The van der Waals surface area contributed by atoms with Crippen LogP contribution < -0.4 is 20.3 Å². The Bertz CT molecular complexity index is 804. The molecule has 0 fully saturated rings. The van der Waals surface area contributed by atoms with Gasteiger partial charge in [-0.2, -0.15) is 0 Å². The van der Waals surface area contributed by atoms with E-state index in [9.17, 15) is 4.79 Å². The number of ether oxygens (including phenoxy) is 1. The van der Waals surface area contributed by atoms with Crippen molar-refractivity contribution in [2.45, 2.75) is 11.3 Å². The number of benzene rings is 2. The van der Waals surface area contributed by atoms with Crippen molar-refractivity contribution in [1.29, 1.82) is 0 Å². The molecule has 1 aliphatic heterocycles. The Morgan fingerprint density at radius 2 is 1.83 bits per heavy atom. The number of halogens is 1. The van der Waals surface area contributed by atoms with Gasteiger partial charge in [-0.1, -0.05) is 30.3 Å². The minimum Gasteiger partial charge on any atom is -0.482 e. The lowest BCUT2D eigenvalue weighted by Gasteiger charge is -2.29. The van der Waals surface area contributed by atoms with Crippen LogP contribution in [0.5, 0.6) is 5.75 Å². The van der Waals surface area contributed by atoms with Crippen LogP contribution in [0.25, 0.3) is 0 Å². The molecule has 156 valence electrons. The molecule has 2 N–H and O–H groups in total. The summed E-state index contributed by atoms with van der Waals surface area (Å²) in [5.41, 5.74) is 0.846. The topological polar surface area (TPSA) is 66.0 Å². The summed E-state index contributed by atoms with van der Waals surface area (Å²) in [6.07, 6.45) is 0.819. The van der Waals surface area contributed by atoms with E-state index in [2.05, 4.69) is 27.8 Å². The van der Waals surface area contributed by atoms with Crippen molar-refractivity contribution in [2.75, 3.05) is 43.9 Å². The number of nitrogens with zero attached hydrogens (tertiary/aromatic N) is 2. The van der Waals surface area contributed by atoms with Gasteiger partial charge in [0.05, 0.1) is 5.69 Å². The predicted octanol–water partition coefficient (Wildman–Crippen LogP) is 3.38. The fourth-order valence-corrected chi connectivity index (χ4v) is 3.71. The highest BCUT2D eigenvalue weighted by molar-refractivity contribution is 14.0. The zero-order valence-corrected chi connectivity index (χ0v) is 19.6. The summed E-state index contributed by atoms with van der Waals surface area (Å²) in [4.78, 5) is 19.5. The number of amides is 1. The van der Waals surface area contributed by atoms with Crippen molar-refractivity contribution in [1.82, 2.24) is 10.6 Å². The standard InChI is InChI=1S/C21H26N4O2S.HI/c1-22-21(24-13-15-28-17-8-3-2-4-9-17)23-12-7-14-25-18-10-5-6-11-19(18)27-16-20(25)26;/h2-6,8-11H,7,12-16H2,1H3,(H2,22,23,24);1H. The van der Waals surface area contributed by atoms with E-state index in [0.29, 0.717) is 6.54 Å². The van der Waals surface area contributed by atoms with Crippen LogP contribution in [0.4, 0.5) is 5.69 Å². The number of aliphatic imine (C=N–C) groups is 1. The number of hydrogen-bond donors (Lipinski definition) is 2. The first kappa shape index (κ1) is 23.3. The number of para-hydroxylation sites is 2. The highest BCUT2D eigenvalue weighted by atomic mass is 127. The fourth-order valence-electron chi connectivity index (χ4n) is 2.92. The Balaban J connectivity index is 0.00000300. The summed E-state index contributed by atoms with van der Waals surface area (Å²) in [6, 6.07) is 18.0. The second-order valence-electron chi connectivity index (χ2n) is 6.24. The average Bonchev–Trinajstić information content (AvgIpc) is 2.74. The molecule has 0 bridgehead atoms. The van der Waals surface area contributed by atoms with Gasteiger partial charge in [-0.3, -0.25) is 9.79 Å². The maximum absolute atomic E-state index is 12.2. The predicted molar refractivity (Wildman–Crippen MR) is 131 cm³/mol. The van der Waals surface area contributed by atoms with E-state index >= 15 is 0 Å². The van der Waals surface area contributed by atoms with Gasteiger partial charge in [0.2, 0.25) is 0 Å². The van der Waals surface area contributed by atoms with Gasteiger partial charge in [0.15, 0.2) is 12.6 Å². The van der Waals surface area contributed by atoms with Crippen molar-refractivity contribution in [2.24, 2.45) is 4.99 Å². The van der Waals surface area contributed by atoms with Crippen LogP contribution in [0.15, 0.2) is 64.5 Å². The first-order chi connectivity index (χ1) is 13.8. The molecule has 0 saturated carbocycles. The molecular weight excluding hydrogens is 499 g/mol. The molecule has 8 heteroatoms. The van der Waals surface area contributed by atoms with Crippen LogP contribution in [0, 0.1) is 0 Å². The van der Waals surface area contributed by atoms with Gasteiger partial charge in [-0.05, 0) is 30.7 Å². The molecule has 0 atom stereocenters. The second-order valence-corrected chi connectivity index (χ2v) is 7.41. The molecule has 0 unspecified atom stereocenters.